The fourth-order valence-corrected chi connectivity index (χ4v) is 11.8. The van der Waals surface area contributed by atoms with E-state index in [4.69, 9.17) is 0 Å². The van der Waals surface area contributed by atoms with Gasteiger partial charge in [-0.15, -0.1) is 0 Å². The topological polar surface area (TPSA) is 7.65 Å². The van der Waals surface area contributed by atoms with Gasteiger partial charge in [-0.3, -0.25) is 0 Å². The lowest BCUT2D eigenvalue weighted by Gasteiger charge is -2.35. The first-order valence-corrected chi connectivity index (χ1v) is 23.3. The second kappa shape index (κ2) is 14.7. The highest BCUT2D eigenvalue weighted by molar-refractivity contribution is 6.31. The molecule has 1 aliphatic carbocycles. The molecule has 0 saturated heterocycles. The number of rotatable bonds is 7. The molecule has 2 nitrogen and oxygen atoms in total. The lowest BCUT2D eigenvalue weighted by atomic mass is 9.67. The quantitative estimate of drug-likeness (QED) is 0.115. The Labute approximate surface area is 389 Å². The average Bonchev–Trinajstić information content (AvgIpc) is 3.90. The van der Waals surface area contributed by atoms with Crippen molar-refractivity contribution in [2.45, 2.75) is 5.41 Å². The molecule has 0 unspecified atom stereocenters. The van der Waals surface area contributed by atoms with Crippen molar-refractivity contribution in [3.8, 4) is 33.4 Å². The van der Waals surface area contributed by atoms with Crippen LogP contribution in [0.4, 0.5) is 17.1 Å². The third-order valence-corrected chi connectivity index (χ3v) is 14.6. The van der Waals surface area contributed by atoms with Crippen molar-refractivity contribution in [3.63, 3.8) is 0 Å². The SMILES string of the molecule is c1ccc(-c2ccc(N(c3ccc(-c4cc5c6ccccc6n6c7ccccc7c7cccc4c7c56)cc3)c3ccc4c(c3)C(c3ccccc3)(c3ccccc3)c3ccccc3-4)cc2)cc1. The molecule has 2 aromatic heterocycles. The van der Waals surface area contributed by atoms with Crippen LogP contribution in [0.1, 0.15) is 22.3 Å². The molecule has 0 saturated carbocycles. The molecule has 0 atom stereocenters. The Morgan fingerprint density at radius 3 is 1.46 bits per heavy atom. The van der Waals surface area contributed by atoms with Crippen molar-refractivity contribution in [2.24, 2.45) is 0 Å². The molecule has 2 heterocycles. The van der Waals surface area contributed by atoms with Gasteiger partial charge in [-0.05, 0) is 121 Å². The van der Waals surface area contributed by atoms with E-state index >= 15 is 0 Å². The minimum Gasteiger partial charge on any atom is -0.310 e. The first kappa shape index (κ1) is 37.6. The molecule has 0 aliphatic heterocycles. The first-order valence-electron chi connectivity index (χ1n) is 23.3. The van der Waals surface area contributed by atoms with Gasteiger partial charge in [0, 0.05) is 38.6 Å². The van der Waals surface area contributed by atoms with E-state index in [2.05, 4.69) is 264 Å². The Morgan fingerprint density at radius 1 is 0.299 bits per heavy atom. The van der Waals surface area contributed by atoms with Crippen LogP contribution >= 0.6 is 0 Å². The molecular formula is C65H42N2. The largest absolute Gasteiger partial charge is 0.310 e. The van der Waals surface area contributed by atoms with Crippen LogP contribution in [0.15, 0.2) is 255 Å². The summed E-state index contributed by atoms with van der Waals surface area (Å²) >= 11 is 0. The van der Waals surface area contributed by atoms with Gasteiger partial charge in [0.05, 0.1) is 22.0 Å². The van der Waals surface area contributed by atoms with E-state index in [0.717, 1.165) is 17.1 Å². The number of pyridine rings is 1. The highest BCUT2D eigenvalue weighted by Gasteiger charge is 2.46. The summed E-state index contributed by atoms with van der Waals surface area (Å²) in [6.45, 7) is 0. The van der Waals surface area contributed by atoms with Gasteiger partial charge in [-0.2, -0.15) is 0 Å². The van der Waals surface area contributed by atoms with Crippen molar-refractivity contribution in [2.75, 3.05) is 4.90 Å². The summed E-state index contributed by atoms with van der Waals surface area (Å²) in [7, 11) is 0. The smallest absolute Gasteiger partial charge is 0.0714 e. The van der Waals surface area contributed by atoms with Crippen LogP contribution in [0.25, 0.3) is 82.2 Å². The van der Waals surface area contributed by atoms with Crippen LogP contribution < -0.4 is 4.90 Å². The van der Waals surface area contributed by atoms with Crippen molar-refractivity contribution >= 4 is 65.9 Å². The summed E-state index contributed by atoms with van der Waals surface area (Å²) < 4.78 is 2.49. The molecule has 0 spiro atoms. The standard InChI is InChI=1S/C65H42N2/c1-4-17-43(18-5-1)44-31-35-48(36-32-44)66(50-39-40-52-51-23-10-13-28-59(51)65(60(52)41-50,46-19-6-2-7-20-46)47-21-8-3-9-22-47)49-37-33-45(34-38-49)57-42-58-54-25-12-15-30-62(54)67-61-29-14-11-24-53(61)55-26-16-27-56(57)63(55)64(58)67/h1-42H. The number of aromatic nitrogens is 1. The van der Waals surface area contributed by atoms with Gasteiger partial charge in [0.1, 0.15) is 0 Å². The number of anilines is 3. The minimum absolute atomic E-state index is 0.512. The molecule has 11 aromatic carbocycles. The summed E-state index contributed by atoms with van der Waals surface area (Å²) in [5.41, 5.74) is 19.0. The molecule has 0 radical (unpaired) electrons. The van der Waals surface area contributed by atoms with E-state index in [1.807, 2.05) is 0 Å². The lowest BCUT2D eigenvalue weighted by molar-refractivity contribution is 0.768. The van der Waals surface area contributed by atoms with Crippen LogP contribution in [0, 0.1) is 0 Å². The Hall–Kier alpha value is -8.72. The molecule has 312 valence electrons. The second-order valence-corrected chi connectivity index (χ2v) is 18.0. The summed E-state index contributed by atoms with van der Waals surface area (Å²) in [5.74, 6) is 0. The zero-order chi connectivity index (χ0) is 44.1. The highest BCUT2D eigenvalue weighted by atomic mass is 15.1. The molecule has 0 bridgehead atoms. The Kier molecular flexibility index (Phi) is 8.23. The molecule has 13 aromatic rings. The Balaban J connectivity index is 0.976. The molecule has 0 amide bonds. The maximum Gasteiger partial charge on any atom is 0.0714 e. The highest BCUT2D eigenvalue weighted by Crippen LogP contribution is 2.57. The Morgan fingerprint density at radius 2 is 0.791 bits per heavy atom. The fraction of sp³-hybridized carbons (Fsp3) is 0.0154. The van der Waals surface area contributed by atoms with E-state index < -0.39 is 5.41 Å². The van der Waals surface area contributed by atoms with Gasteiger partial charge in [-0.1, -0.05) is 200 Å². The summed E-state index contributed by atoms with van der Waals surface area (Å²) in [5, 5.41) is 7.69. The maximum atomic E-state index is 2.49. The number of fused-ring (bicyclic) bond motifs is 9. The lowest BCUT2D eigenvalue weighted by Crippen LogP contribution is -2.28. The predicted octanol–water partition coefficient (Wildman–Crippen LogP) is 17.2. The van der Waals surface area contributed by atoms with Crippen LogP contribution in [-0.4, -0.2) is 4.40 Å². The van der Waals surface area contributed by atoms with Gasteiger partial charge in [0.2, 0.25) is 0 Å². The monoisotopic (exact) mass is 850 g/mol. The molecule has 0 N–H and O–H groups in total. The van der Waals surface area contributed by atoms with Gasteiger partial charge in [0.15, 0.2) is 0 Å². The zero-order valence-electron chi connectivity index (χ0n) is 36.6. The normalized spacial score (nSPS) is 12.9. The van der Waals surface area contributed by atoms with Gasteiger partial charge in [-0.25, -0.2) is 0 Å². The van der Waals surface area contributed by atoms with Crippen molar-refractivity contribution in [1.82, 2.24) is 4.40 Å². The van der Waals surface area contributed by atoms with Crippen LogP contribution in [0.5, 0.6) is 0 Å². The van der Waals surface area contributed by atoms with Crippen LogP contribution in [-0.2, 0) is 5.41 Å². The third kappa shape index (κ3) is 5.45. The number of para-hydroxylation sites is 2. The van der Waals surface area contributed by atoms with E-state index in [-0.39, 0.29) is 0 Å². The number of nitrogens with zero attached hydrogens (tertiary/aromatic N) is 2. The van der Waals surface area contributed by atoms with E-state index in [9.17, 15) is 0 Å². The van der Waals surface area contributed by atoms with E-state index in [1.54, 1.807) is 0 Å². The maximum absolute atomic E-state index is 2.49. The number of benzene rings is 11. The fourth-order valence-electron chi connectivity index (χ4n) is 11.8. The van der Waals surface area contributed by atoms with Gasteiger partial charge in [0.25, 0.3) is 0 Å². The summed E-state index contributed by atoms with van der Waals surface area (Å²) in [4.78, 5) is 2.44. The molecular weight excluding hydrogens is 809 g/mol. The Bertz CT molecular complexity index is 3950. The minimum atomic E-state index is -0.512. The van der Waals surface area contributed by atoms with E-state index in [0.29, 0.717) is 0 Å². The molecule has 67 heavy (non-hydrogen) atoms. The van der Waals surface area contributed by atoms with Crippen LogP contribution in [0.3, 0.4) is 0 Å². The average molecular weight is 851 g/mol. The van der Waals surface area contributed by atoms with Crippen molar-refractivity contribution in [3.05, 3.63) is 277 Å². The number of hydrogen-bond acceptors (Lipinski definition) is 1. The van der Waals surface area contributed by atoms with Crippen LogP contribution in [0.2, 0.25) is 0 Å². The summed E-state index contributed by atoms with van der Waals surface area (Å²) in [6, 6.07) is 94.3. The predicted molar refractivity (Wildman–Crippen MR) is 281 cm³/mol. The van der Waals surface area contributed by atoms with Gasteiger partial charge < -0.3 is 9.30 Å². The molecule has 0 fully saturated rings. The second-order valence-electron chi connectivity index (χ2n) is 18.0. The molecule has 14 rings (SSSR count). The van der Waals surface area contributed by atoms with Gasteiger partial charge >= 0.3 is 0 Å². The van der Waals surface area contributed by atoms with Crippen molar-refractivity contribution in [1.29, 1.82) is 0 Å². The van der Waals surface area contributed by atoms with Crippen molar-refractivity contribution < 1.29 is 0 Å². The first-order chi connectivity index (χ1) is 33.3. The van der Waals surface area contributed by atoms with E-state index in [1.165, 1.54) is 105 Å². The summed E-state index contributed by atoms with van der Waals surface area (Å²) in [6.07, 6.45) is 0. The molecule has 1 aliphatic rings. The third-order valence-electron chi connectivity index (χ3n) is 14.6. The molecule has 2 heteroatoms. The zero-order valence-corrected chi connectivity index (χ0v) is 36.6. The number of hydrogen-bond donors (Lipinski definition) is 0.